The molecule has 1 aliphatic carbocycles. The Labute approximate surface area is 372 Å². The van der Waals surface area contributed by atoms with Crippen LogP contribution in [0.5, 0.6) is 0 Å². The monoisotopic (exact) mass is 819 g/mol. The number of anilines is 3. The standard InChI is InChI=1S/C61H41NS/c1-4-15-42(16-5-1)44-27-33-48(34-28-44)61(47-19-8-3-9-20-47)56-24-12-10-21-53(56)54-40-39-51(41-57(54)61)62(49-35-29-45(30-36-49)43-17-6-2-7-18-43)50-37-31-46(32-38-50)52-23-14-26-59-60(52)55-22-11-13-25-58(55)63-59/h1-41H. The first-order valence-corrected chi connectivity index (χ1v) is 22.5. The van der Waals surface area contributed by atoms with Crippen molar-refractivity contribution in [3.63, 3.8) is 0 Å². The third-order valence-electron chi connectivity index (χ3n) is 13.0. The van der Waals surface area contributed by atoms with Crippen LogP contribution in [0.25, 0.3) is 64.7 Å². The van der Waals surface area contributed by atoms with Gasteiger partial charge in [0.1, 0.15) is 0 Å². The zero-order valence-electron chi connectivity index (χ0n) is 34.5. The lowest BCUT2D eigenvalue weighted by Crippen LogP contribution is -2.28. The smallest absolute Gasteiger partial charge is 0.0714 e. The molecule has 0 amide bonds. The molecule has 1 aliphatic rings. The quantitative estimate of drug-likeness (QED) is 0.148. The fraction of sp³-hybridized carbons (Fsp3) is 0.0164. The lowest BCUT2D eigenvalue weighted by molar-refractivity contribution is 0.768. The molecule has 0 N–H and O–H groups in total. The van der Waals surface area contributed by atoms with Crippen LogP contribution in [0.15, 0.2) is 249 Å². The van der Waals surface area contributed by atoms with Gasteiger partial charge >= 0.3 is 0 Å². The number of fused-ring (bicyclic) bond motifs is 6. The highest BCUT2D eigenvalue weighted by Crippen LogP contribution is 2.57. The fourth-order valence-corrected chi connectivity index (χ4v) is 11.2. The maximum Gasteiger partial charge on any atom is 0.0714 e. The molecule has 10 aromatic carbocycles. The van der Waals surface area contributed by atoms with Gasteiger partial charge in [-0.05, 0) is 115 Å². The summed E-state index contributed by atoms with van der Waals surface area (Å²) in [6.07, 6.45) is 0. The van der Waals surface area contributed by atoms with Crippen LogP contribution >= 0.6 is 11.3 Å². The predicted molar refractivity (Wildman–Crippen MR) is 268 cm³/mol. The number of hydrogen-bond donors (Lipinski definition) is 0. The van der Waals surface area contributed by atoms with Crippen molar-refractivity contribution in [2.45, 2.75) is 5.41 Å². The van der Waals surface area contributed by atoms with Crippen LogP contribution in [0.2, 0.25) is 0 Å². The fourth-order valence-electron chi connectivity index (χ4n) is 10.1. The number of hydrogen-bond acceptors (Lipinski definition) is 2. The molecular weight excluding hydrogens is 779 g/mol. The van der Waals surface area contributed by atoms with E-state index >= 15 is 0 Å². The van der Waals surface area contributed by atoms with Crippen LogP contribution in [0.3, 0.4) is 0 Å². The van der Waals surface area contributed by atoms with Crippen molar-refractivity contribution in [1.29, 1.82) is 0 Å². The molecule has 0 bridgehead atoms. The summed E-state index contributed by atoms with van der Waals surface area (Å²) < 4.78 is 2.63. The number of rotatable bonds is 8. The maximum absolute atomic E-state index is 2.46. The summed E-state index contributed by atoms with van der Waals surface area (Å²) in [5, 5.41) is 2.64. The van der Waals surface area contributed by atoms with Gasteiger partial charge in [-0.3, -0.25) is 0 Å². The summed E-state index contributed by atoms with van der Waals surface area (Å²) in [6, 6.07) is 91.5. The number of nitrogens with zero attached hydrogens (tertiary/aromatic N) is 1. The lowest BCUT2D eigenvalue weighted by atomic mass is 9.67. The van der Waals surface area contributed by atoms with E-state index in [-0.39, 0.29) is 0 Å². The molecule has 1 atom stereocenters. The molecule has 0 fully saturated rings. The Balaban J connectivity index is 1.04. The molecule has 1 nitrogen and oxygen atoms in total. The van der Waals surface area contributed by atoms with Crippen LogP contribution in [0.1, 0.15) is 22.3 Å². The molecule has 0 aliphatic heterocycles. The Morgan fingerprint density at radius 3 is 1.46 bits per heavy atom. The van der Waals surface area contributed by atoms with Gasteiger partial charge in [0.05, 0.1) is 5.41 Å². The minimum absolute atomic E-state index is 0.549. The third kappa shape index (κ3) is 6.14. The zero-order chi connectivity index (χ0) is 41.7. The second kappa shape index (κ2) is 15.3. The predicted octanol–water partition coefficient (Wildman–Crippen LogP) is 16.9. The van der Waals surface area contributed by atoms with Crippen LogP contribution in [0.4, 0.5) is 17.1 Å². The SMILES string of the molecule is c1ccc(-c2ccc(N(c3ccc(-c4cccc5sc6ccccc6c45)cc3)c3ccc4c(c3)C(c3ccccc3)(c3ccc(-c5ccccc5)cc3)c3ccccc3-4)cc2)cc1. The summed E-state index contributed by atoms with van der Waals surface area (Å²) in [6.45, 7) is 0. The Hall–Kier alpha value is -7.78. The molecule has 1 aromatic heterocycles. The minimum Gasteiger partial charge on any atom is -0.310 e. The van der Waals surface area contributed by atoms with E-state index in [9.17, 15) is 0 Å². The summed E-state index contributed by atoms with van der Waals surface area (Å²) in [4.78, 5) is 2.43. The van der Waals surface area contributed by atoms with Gasteiger partial charge in [0, 0.05) is 37.2 Å². The minimum atomic E-state index is -0.549. The van der Waals surface area contributed by atoms with E-state index in [1.54, 1.807) is 0 Å². The molecule has 63 heavy (non-hydrogen) atoms. The first-order chi connectivity index (χ1) is 31.2. The van der Waals surface area contributed by atoms with Gasteiger partial charge in [0.2, 0.25) is 0 Å². The topological polar surface area (TPSA) is 3.24 Å². The van der Waals surface area contributed by atoms with E-state index in [1.807, 2.05) is 11.3 Å². The molecule has 0 spiro atoms. The van der Waals surface area contributed by atoms with Crippen molar-refractivity contribution < 1.29 is 0 Å². The van der Waals surface area contributed by atoms with Gasteiger partial charge in [-0.2, -0.15) is 0 Å². The summed E-state index contributed by atoms with van der Waals surface area (Å²) in [5.41, 5.74) is 17.6. The Morgan fingerprint density at radius 2 is 0.778 bits per heavy atom. The van der Waals surface area contributed by atoms with Crippen LogP contribution in [-0.2, 0) is 5.41 Å². The second-order valence-corrected chi connectivity index (χ2v) is 17.5. The molecule has 0 saturated carbocycles. The summed E-state index contributed by atoms with van der Waals surface area (Å²) >= 11 is 1.87. The van der Waals surface area contributed by atoms with Crippen molar-refractivity contribution in [3.05, 3.63) is 271 Å². The first-order valence-electron chi connectivity index (χ1n) is 21.7. The largest absolute Gasteiger partial charge is 0.310 e. The number of benzene rings is 10. The average Bonchev–Trinajstić information content (AvgIpc) is 3.89. The van der Waals surface area contributed by atoms with Gasteiger partial charge < -0.3 is 4.90 Å². The van der Waals surface area contributed by atoms with E-state index in [4.69, 9.17) is 0 Å². The summed E-state index contributed by atoms with van der Waals surface area (Å²) in [7, 11) is 0. The van der Waals surface area contributed by atoms with Crippen LogP contribution in [0, 0.1) is 0 Å². The van der Waals surface area contributed by atoms with E-state index in [2.05, 4.69) is 254 Å². The normalized spacial score (nSPS) is 14.1. The highest BCUT2D eigenvalue weighted by atomic mass is 32.1. The van der Waals surface area contributed by atoms with Crippen molar-refractivity contribution >= 4 is 48.6 Å². The molecular formula is C61H41NS. The third-order valence-corrected chi connectivity index (χ3v) is 14.1. The molecule has 1 unspecified atom stereocenters. The number of thiophene rings is 1. The van der Waals surface area contributed by atoms with Crippen molar-refractivity contribution in [1.82, 2.24) is 0 Å². The molecule has 296 valence electrons. The van der Waals surface area contributed by atoms with Gasteiger partial charge in [0.15, 0.2) is 0 Å². The van der Waals surface area contributed by atoms with Crippen molar-refractivity contribution in [3.8, 4) is 44.5 Å². The van der Waals surface area contributed by atoms with Gasteiger partial charge in [0.25, 0.3) is 0 Å². The highest BCUT2D eigenvalue weighted by Gasteiger charge is 2.46. The zero-order valence-corrected chi connectivity index (χ0v) is 35.3. The van der Waals surface area contributed by atoms with E-state index in [0.717, 1.165) is 17.1 Å². The molecule has 12 rings (SSSR count). The van der Waals surface area contributed by atoms with Gasteiger partial charge in [-0.15, -0.1) is 11.3 Å². The summed E-state index contributed by atoms with van der Waals surface area (Å²) in [5.74, 6) is 0. The van der Waals surface area contributed by atoms with Crippen LogP contribution in [-0.4, -0.2) is 0 Å². The molecule has 1 heterocycles. The molecule has 2 heteroatoms. The lowest BCUT2D eigenvalue weighted by Gasteiger charge is -2.35. The average molecular weight is 820 g/mol. The van der Waals surface area contributed by atoms with Gasteiger partial charge in [-0.1, -0.05) is 200 Å². The van der Waals surface area contributed by atoms with Crippen LogP contribution < -0.4 is 4.90 Å². The van der Waals surface area contributed by atoms with Crippen molar-refractivity contribution in [2.75, 3.05) is 4.90 Å². The first kappa shape index (κ1) is 37.0. The second-order valence-electron chi connectivity index (χ2n) is 16.4. The van der Waals surface area contributed by atoms with E-state index in [0.29, 0.717) is 0 Å². The Bertz CT molecular complexity index is 3410. The molecule has 0 saturated heterocycles. The Kier molecular flexibility index (Phi) is 8.98. The Morgan fingerprint density at radius 1 is 0.302 bits per heavy atom. The van der Waals surface area contributed by atoms with Gasteiger partial charge in [-0.25, -0.2) is 0 Å². The molecule has 11 aromatic rings. The van der Waals surface area contributed by atoms with Crippen molar-refractivity contribution in [2.24, 2.45) is 0 Å². The van der Waals surface area contributed by atoms with E-state index < -0.39 is 5.41 Å². The molecule has 0 radical (unpaired) electrons. The maximum atomic E-state index is 2.46. The van der Waals surface area contributed by atoms with E-state index in [1.165, 1.54) is 86.9 Å². The highest BCUT2D eigenvalue weighted by molar-refractivity contribution is 7.25.